The molecule has 0 unspecified atom stereocenters. The molecular formula is C25H24ClNO3S. The molecule has 4 nitrogen and oxygen atoms in total. The summed E-state index contributed by atoms with van der Waals surface area (Å²) in [6.07, 6.45) is 0. The number of hydrogen-bond acceptors (Lipinski definition) is 4. The van der Waals surface area contributed by atoms with Gasteiger partial charge in [-0.25, -0.2) is 0 Å². The third-order valence-corrected chi connectivity index (χ3v) is 6.50. The summed E-state index contributed by atoms with van der Waals surface area (Å²) in [7, 11) is 0. The molecule has 1 aliphatic rings. The van der Waals surface area contributed by atoms with E-state index in [2.05, 4.69) is 31.2 Å². The number of aryl methyl sites for hydroxylation is 1. The van der Waals surface area contributed by atoms with Crippen LogP contribution in [0.5, 0.6) is 11.5 Å². The standard InChI is InChI=1S/C25H24ClNO3S/c1-3-29-23-14-19(8-13-22(23)30-15-18-6-4-17(2)5-7-18)25-27(24(28)16-31-25)21-11-9-20(26)10-12-21/h4-14,25H,3,15-16H2,1-2H3/t25-/m1/s1. The zero-order valence-electron chi connectivity index (χ0n) is 17.5. The smallest absolute Gasteiger partial charge is 0.238 e. The molecular weight excluding hydrogens is 430 g/mol. The van der Waals surface area contributed by atoms with Crippen molar-refractivity contribution in [3.05, 3.63) is 88.4 Å². The van der Waals surface area contributed by atoms with E-state index in [0.717, 1.165) is 16.8 Å². The van der Waals surface area contributed by atoms with E-state index in [-0.39, 0.29) is 11.3 Å². The molecule has 3 aromatic rings. The maximum atomic E-state index is 12.6. The Morgan fingerprint density at radius 2 is 1.74 bits per heavy atom. The highest BCUT2D eigenvalue weighted by Gasteiger charge is 2.34. The number of halogens is 1. The van der Waals surface area contributed by atoms with Gasteiger partial charge in [-0.05, 0) is 61.4 Å². The van der Waals surface area contributed by atoms with Crippen molar-refractivity contribution in [3.8, 4) is 11.5 Å². The van der Waals surface area contributed by atoms with Crippen LogP contribution in [-0.4, -0.2) is 18.3 Å². The number of nitrogens with zero attached hydrogens (tertiary/aromatic N) is 1. The predicted octanol–water partition coefficient (Wildman–Crippen LogP) is 6.40. The highest BCUT2D eigenvalue weighted by Crippen LogP contribution is 2.44. The number of hydrogen-bond donors (Lipinski definition) is 0. The summed E-state index contributed by atoms with van der Waals surface area (Å²) in [4.78, 5) is 14.4. The monoisotopic (exact) mass is 453 g/mol. The van der Waals surface area contributed by atoms with E-state index in [1.54, 1.807) is 23.9 Å². The van der Waals surface area contributed by atoms with E-state index in [0.29, 0.717) is 35.5 Å². The highest BCUT2D eigenvalue weighted by molar-refractivity contribution is 8.00. The van der Waals surface area contributed by atoms with Crippen LogP contribution >= 0.6 is 23.4 Å². The molecule has 3 aromatic carbocycles. The van der Waals surface area contributed by atoms with Crippen LogP contribution in [0.3, 0.4) is 0 Å². The van der Waals surface area contributed by atoms with Gasteiger partial charge in [0.2, 0.25) is 5.91 Å². The fraction of sp³-hybridized carbons (Fsp3) is 0.240. The summed E-state index contributed by atoms with van der Waals surface area (Å²) in [6, 6.07) is 21.6. The molecule has 160 valence electrons. The minimum absolute atomic E-state index is 0.0787. The molecule has 0 spiro atoms. The first-order valence-electron chi connectivity index (χ1n) is 10.2. The van der Waals surface area contributed by atoms with Crippen LogP contribution in [0.4, 0.5) is 5.69 Å². The van der Waals surface area contributed by atoms with E-state index < -0.39 is 0 Å². The minimum Gasteiger partial charge on any atom is -0.490 e. The van der Waals surface area contributed by atoms with Crippen LogP contribution in [0, 0.1) is 6.92 Å². The molecule has 6 heteroatoms. The van der Waals surface area contributed by atoms with Crippen LogP contribution in [-0.2, 0) is 11.4 Å². The lowest BCUT2D eigenvalue weighted by molar-refractivity contribution is -0.115. The quantitative estimate of drug-likeness (QED) is 0.414. The molecule has 1 amide bonds. The molecule has 31 heavy (non-hydrogen) atoms. The largest absolute Gasteiger partial charge is 0.490 e. The number of thioether (sulfide) groups is 1. The molecule has 0 aliphatic carbocycles. The topological polar surface area (TPSA) is 38.8 Å². The number of anilines is 1. The van der Waals surface area contributed by atoms with Gasteiger partial charge < -0.3 is 9.47 Å². The minimum atomic E-state index is -0.126. The van der Waals surface area contributed by atoms with Crippen molar-refractivity contribution in [3.63, 3.8) is 0 Å². The summed E-state index contributed by atoms with van der Waals surface area (Å²) in [5, 5.41) is 0.521. The van der Waals surface area contributed by atoms with Crippen molar-refractivity contribution >= 4 is 35.0 Å². The Bertz CT molecular complexity index is 1050. The molecule has 0 N–H and O–H groups in total. The Labute approximate surface area is 192 Å². The zero-order chi connectivity index (χ0) is 21.8. The van der Waals surface area contributed by atoms with Gasteiger partial charge in [-0.2, -0.15) is 0 Å². The van der Waals surface area contributed by atoms with Crippen LogP contribution in [0.25, 0.3) is 0 Å². The summed E-state index contributed by atoms with van der Waals surface area (Å²) < 4.78 is 11.9. The highest BCUT2D eigenvalue weighted by atomic mass is 35.5. The van der Waals surface area contributed by atoms with Crippen molar-refractivity contribution in [2.24, 2.45) is 0 Å². The normalized spacial score (nSPS) is 15.9. The number of benzene rings is 3. The maximum absolute atomic E-state index is 12.6. The molecule has 0 radical (unpaired) electrons. The molecule has 1 saturated heterocycles. The third kappa shape index (κ3) is 5.00. The maximum Gasteiger partial charge on any atom is 0.238 e. The van der Waals surface area contributed by atoms with Gasteiger partial charge in [0.05, 0.1) is 12.4 Å². The van der Waals surface area contributed by atoms with Gasteiger partial charge >= 0.3 is 0 Å². The third-order valence-electron chi connectivity index (χ3n) is 5.04. The Hall–Kier alpha value is -2.63. The van der Waals surface area contributed by atoms with Gasteiger partial charge in [-0.15, -0.1) is 11.8 Å². The van der Waals surface area contributed by atoms with E-state index >= 15 is 0 Å². The van der Waals surface area contributed by atoms with E-state index in [1.165, 1.54) is 5.56 Å². The van der Waals surface area contributed by atoms with Crippen molar-refractivity contribution in [1.29, 1.82) is 0 Å². The number of ether oxygens (including phenoxy) is 2. The fourth-order valence-corrected chi connectivity index (χ4v) is 4.76. The first-order chi connectivity index (χ1) is 15.0. The van der Waals surface area contributed by atoms with Crippen LogP contribution in [0.2, 0.25) is 5.02 Å². The predicted molar refractivity (Wildman–Crippen MR) is 127 cm³/mol. The van der Waals surface area contributed by atoms with Crippen molar-refractivity contribution in [2.75, 3.05) is 17.3 Å². The number of carbonyl (C=O) groups is 1. The summed E-state index contributed by atoms with van der Waals surface area (Å²) in [6.45, 7) is 5.01. The van der Waals surface area contributed by atoms with E-state index in [4.69, 9.17) is 21.1 Å². The molecule has 0 bridgehead atoms. The van der Waals surface area contributed by atoms with Gasteiger partial charge in [0.15, 0.2) is 11.5 Å². The Balaban J connectivity index is 1.58. The van der Waals surface area contributed by atoms with Gasteiger partial charge in [0.1, 0.15) is 12.0 Å². The van der Waals surface area contributed by atoms with E-state index in [1.807, 2.05) is 42.2 Å². The molecule has 1 aliphatic heterocycles. The summed E-state index contributed by atoms with van der Waals surface area (Å²) in [5.41, 5.74) is 4.15. The van der Waals surface area contributed by atoms with Gasteiger partial charge in [-0.1, -0.05) is 47.5 Å². The lowest BCUT2D eigenvalue weighted by atomic mass is 10.1. The van der Waals surface area contributed by atoms with Crippen LogP contribution in [0.1, 0.15) is 29.0 Å². The van der Waals surface area contributed by atoms with Gasteiger partial charge in [0.25, 0.3) is 0 Å². The second-order valence-corrected chi connectivity index (χ2v) is 8.82. The first kappa shape index (κ1) is 21.6. The average molecular weight is 454 g/mol. The first-order valence-corrected chi connectivity index (χ1v) is 11.6. The van der Waals surface area contributed by atoms with Gasteiger partial charge in [-0.3, -0.25) is 9.69 Å². The molecule has 4 rings (SSSR count). The van der Waals surface area contributed by atoms with Gasteiger partial charge in [0, 0.05) is 10.7 Å². The van der Waals surface area contributed by atoms with Crippen molar-refractivity contribution in [2.45, 2.75) is 25.8 Å². The second kappa shape index (κ2) is 9.67. The molecule has 1 atom stereocenters. The second-order valence-electron chi connectivity index (χ2n) is 7.32. The number of rotatable bonds is 7. The summed E-state index contributed by atoms with van der Waals surface area (Å²) >= 11 is 7.63. The molecule has 1 fully saturated rings. The number of amides is 1. The average Bonchev–Trinajstić information content (AvgIpc) is 3.16. The molecule has 1 heterocycles. The Kier molecular flexibility index (Phi) is 6.73. The lowest BCUT2D eigenvalue weighted by Gasteiger charge is -2.25. The molecule has 0 aromatic heterocycles. The zero-order valence-corrected chi connectivity index (χ0v) is 19.1. The Morgan fingerprint density at radius 3 is 2.45 bits per heavy atom. The Morgan fingerprint density at radius 1 is 1.00 bits per heavy atom. The molecule has 0 saturated carbocycles. The fourth-order valence-electron chi connectivity index (χ4n) is 3.46. The van der Waals surface area contributed by atoms with Crippen molar-refractivity contribution in [1.82, 2.24) is 0 Å². The van der Waals surface area contributed by atoms with E-state index in [9.17, 15) is 4.79 Å². The SMILES string of the molecule is CCOc1cc([C@H]2SCC(=O)N2c2ccc(Cl)cc2)ccc1OCc1ccc(C)cc1. The number of carbonyl (C=O) groups excluding carboxylic acids is 1. The summed E-state index contributed by atoms with van der Waals surface area (Å²) in [5.74, 6) is 1.89. The van der Waals surface area contributed by atoms with Crippen LogP contribution < -0.4 is 14.4 Å². The van der Waals surface area contributed by atoms with Crippen LogP contribution in [0.15, 0.2) is 66.7 Å². The lowest BCUT2D eigenvalue weighted by Crippen LogP contribution is -2.27. The van der Waals surface area contributed by atoms with Crippen molar-refractivity contribution < 1.29 is 14.3 Å².